The van der Waals surface area contributed by atoms with Crippen molar-refractivity contribution in [2.24, 2.45) is 0 Å². The van der Waals surface area contributed by atoms with Crippen molar-refractivity contribution in [1.29, 1.82) is 0 Å². The van der Waals surface area contributed by atoms with Gasteiger partial charge in [-0.1, -0.05) is 49.7 Å². The predicted octanol–water partition coefficient (Wildman–Crippen LogP) is 4.71. The number of rotatable bonds is 5. The number of ketones is 1. The molecule has 2 nitrogen and oxygen atoms in total. The molecule has 22 heavy (non-hydrogen) atoms. The van der Waals surface area contributed by atoms with Gasteiger partial charge in [0.2, 0.25) is 0 Å². The van der Waals surface area contributed by atoms with E-state index in [2.05, 4.69) is 36.1 Å². The molecule has 2 aromatic rings. The summed E-state index contributed by atoms with van der Waals surface area (Å²) in [5, 5.41) is 2.35. The summed E-state index contributed by atoms with van der Waals surface area (Å²) in [6.07, 6.45) is 4.47. The summed E-state index contributed by atoms with van der Waals surface area (Å²) in [6, 6.07) is 14.4. The smallest absolute Gasteiger partial charge is 0.179 e. The summed E-state index contributed by atoms with van der Waals surface area (Å²) in [4.78, 5) is 15.3. The van der Waals surface area contributed by atoms with Crippen LogP contribution < -0.4 is 0 Å². The van der Waals surface area contributed by atoms with Crippen molar-refractivity contribution in [3.8, 4) is 0 Å². The van der Waals surface area contributed by atoms with Gasteiger partial charge in [-0.15, -0.1) is 12.4 Å². The molecule has 3 rings (SSSR count). The average Bonchev–Trinajstić information content (AvgIpc) is 3.05. The van der Waals surface area contributed by atoms with Gasteiger partial charge in [0.05, 0.1) is 6.04 Å². The molecule has 1 fully saturated rings. The van der Waals surface area contributed by atoms with Crippen molar-refractivity contribution < 1.29 is 4.79 Å². The topological polar surface area (TPSA) is 20.3 Å². The molecule has 2 aromatic carbocycles. The van der Waals surface area contributed by atoms with Gasteiger partial charge in [-0.05, 0) is 49.2 Å². The van der Waals surface area contributed by atoms with Crippen LogP contribution in [-0.4, -0.2) is 29.8 Å². The second-order valence-corrected chi connectivity index (χ2v) is 5.97. The molecule has 0 saturated carbocycles. The third-order valence-electron chi connectivity index (χ3n) is 4.48. The van der Waals surface area contributed by atoms with Crippen LogP contribution in [0.2, 0.25) is 0 Å². The molecule has 1 aliphatic heterocycles. The van der Waals surface area contributed by atoms with Gasteiger partial charge < -0.3 is 0 Å². The van der Waals surface area contributed by atoms with E-state index in [1.165, 1.54) is 18.2 Å². The SMILES string of the molecule is CCCC(C(=O)c1ccc2ccccc2c1)N1CCCC1.Cl. The van der Waals surface area contributed by atoms with Crippen LogP contribution in [0.5, 0.6) is 0 Å². The molecule has 0 aliphatic carbocycles. The fraction of sp³-hybridized carbons (Fsp3) is 0.421. The highest BCUT2D eigenvalue weighted by atomic mass is 35.5. The molecule has 118 valence electrons. The van der Waals surface area contributed by atoms with Gasteiger partial charge in [0.15, 0.2) is 5.78 Å². The first-order valence-corrected chi connectivity index (χ1v) is 8.06. The highest BCUT2D eigenvalue weighted by molar-refractivity contribution is 6.03. The molecular formula is C19H24ClNO. The summed E-state index contributed by atoms with van der Waals surface area (Å²) in [5.74, 6) is 0.296. The highest BCUT2D eigenvalue weighted by Crippen LogP contribution is 2.22. The van der Waals surface area contributed by atoms with Crippen LogP contribution >= 0.6 is 12.4 Å². The van der Waals surface area contributed by atoms with Crippen molar-refractivity contribution in [3.05, 3.63) is 48.0 Å². The minimum absolute atomic E-state index is 0. The number of nitrogens with zero attached hydrogens (tertiary/aromatic N) is 1. The summed E-state index contributed by atoms with van der Waals surface area (Å²) in [6.45, 7) is 4.31. The largest absolute Gasteiger partial charge is 0.293 e. The number of hydrogen-bond donors (Lipinski definition) is 0. The van der Waals surface area contributed by atoms with Gasteiger partial charge in [0.1, 0.15) is 0 Å². The van der Waals surface area contributed by atoms with Crippen molar-refractivity contribution in [2.45, 2.75) is 38.6 Å². The molecule has 0 aromatic heterocycles. The zero-order chi connectivity index (χ0) is 14.7. The van der Waals surface area contributed by atoms with E-state index in [0.717, 1.165) is 36.9 Å². The van der Waals surface area contributed by atoms with E-state index in [0.29, 0.717) is 5.78 Å². The van der Waals surface area contributed by atoms with Gasteiger partial charge in [-0.25, -0.2) is 0 Å². The lowest BCUT2D eigenvalue weighted by atomic mass is 9.97. The fourth-order valence-corrected chi connectivity index (χ4v) is 3.34. The molecule has 1 heterocycles. The van der Waals surface area contributed by atoms with E-state index in [-0.39, 0.29) is 18.4 Å². The maximum atomic E-state index is 12.9. The molecule has 0 radical (unpaired) electrons. The Morgan fingerprint density at radius 2 is 1.77 bits per heavy atom. The molecule has 1 saturated heterocycles. The maximum absolute atomic E-state index is 12.9. The van der Waals surface area contributed by atoms with Crippen LogP contribution in [0.15, 0.2) is 42.5 Å². The van der Waals surface area contributed by atoms with Crippen molar-refractivity contribution in [1.82, 2.24) is 4.90 Å². The minimum Gasteiger partial charge on any atom is -0.293 e. The number of carbonyl (C=O) groups excluding carboxylic acids is 1. The van der Waals surface area contributed by atoms with E-state index in [1.54, 1.807) is 0 Å². The first kappa shape index (κ1) is 17.0. The number of likely N-dealkylation sites (tertiary alicyclic amines) is 1. The lowest BCUT2D eigenvalue weighted by molar-refractivity contribution is 0.0837. The van der Waals surface area contributed by atoms with E-state index in [4.69, 9.17) is 0 Å². The molecule has 0 spiro atoms. The summed E-state index contributed by atoms with van der Waals surface area (Å²) in [7, 11) is 0. The monoisotopic (exact) mass is 317 g/mol. The Labute approximate surface area is 138 Å². The Kier molecular flexibility index (Phi) is 5.98. The van der Waals surface area contributed by atoms with Crippen molar-refractivity contribution >= 4 is 29.0 Å². The Morgan fingerprint density at radius 3 is 2.45 bits per heavy atom. The molecule has 1 atom stereocenters. The van der Waals surface area contributed by atoms with Crippen LogP contribution in [-0.2, 0) is 0 Å². The Balaban J connectivity index is 0.00000176. The Bertz CT molecular complexity index is 634. The van der Waals surface area contributed by atoms with Crippen LogP contribution in [0.4, 0.5) is 0 Å². The molecule has 3 heteroatoms. The van der Waals surface area contributed by atoms with Gasteiger partial charge >= 0.3 is 0 Å². The third kappa shape index (κ3) is 3.50. The predicted molar refractivity (Wildman–Crippen MR) is 95.0 cm³/mol. The molecule has 0 N–H and O–H groups in total. The zero-order valence-electron chi connectivity index (χ0n) is 13.1. The number of fused-ring (bicyclic) bond motifs is 1. The minimum atomic E-state index is 0. The van der Waals surface area contributed by atoms with Crippen LogP contribution in [0, 0.1) is 0 Å². The molecule has 0 bridgehead atoms. The Morgan fingerprint density at radius 1 is 1.09 bits per heavy atom. The highest BCUT2D eigenvalue weighted by Gasteiger charge is 2.28. The summed E-state index contributed by atoms with van der Waals surface area (Å²) in [5.41, 5.74) is 0.860. The van der Waals surface area contributed by atoms with Crippen LogP contribution in [0.1, 0.15) is 43.0 Å². The van der Waals surface area contributed by atoms with Crippen LogP contribution in [0.25, 0.3) is 10.8 Å². The molecular weight excluding hydrogens is 294 g/mol. The van der Waals surface area contributed by atoms with Gasteiger partial charge in [-0.3, -0.25) is 9.69 Å². The van der Waals surface area contributed by atoms with E-state index < -0.39 is 0 Å². The second kappa shape index (κ2) is 7.75. The third-order valence-corrected chi connectivity index (χ3v) is 4.48. The average molecular weight is 318 g/mol. The fourth-order valence-electron chi connectivity index (χ4n) is 3.34. The summed E-state index contributed by atoms with van der Waals surface area (Å²) >= 11 is 0. The normalized spacial score (nSPS) is 16.4. The first-order chi connectivity index (χ1) is 10.3. The van der Waals surface area contributed by atoms with Crippen molar-refractivity contribution in [3.63, 3.8) is 0 Å². The number of halogens is 1. The lowest BCUT2D eigenvalue weighted by Crippen LogP contribution is -2.39. The molecule has 1 aliphatic rings. The summed E-state index contributed by atoms with van der Waals surface area (Å²) < 4.78 is 0. The second-order valence-electron chi connectivity index (χ2n) is 5.97. The van der Waals surface area contributed by atoms with Gasteiger partial charge in [0, 0.05) is 5.56 Å². The van der Waals surface area contributed by atoms with Gasteiger partial charge in [0.25, 0.3) is 0 Å². The van der Waals surface area contributed by atoms with E-state index in [1.807, 2.05) is 18.2 Å². The number of benzene rings is 2. The van der Waals surface area contributed by atoms with E-state index >= 15 is 0 Å². The quantitative estimate of drug-likeness (QED) is 0.744. The molecule has 0 amide bonds. The van der Waals surface area contributed by atoms with Crippen LogP contribution in [0.3, 0.4) is 0 Å². The number of carbonyl (C=O) groups is 1. The lowest BCUT2D eigenvalue weighted by Gasteiger charge is -2.26. The Hall–Kier alpha value is -1.38. The maximum Gasteiger partial charge on any atom is 0.179 e. The standard InChI is InChI=1S/C19H23NO.ClH/c1-2-7-18(20-12-5-6-13-20)19(21)17-11-10-15-8-3-4-9-16(15)14-17;/h3-4,8-11,14,18H,2,5-7,12-13H2,1H3;1H. The van der Waals surface area contributed by atoms with Gasteiger partial charge in [-0.2, -0.15) is 0 Å². The number of hydrogen-bond acceptors (Lipinski definition) is 2. The zero-order valence-corrected chi connectivity index (χ0v) is 13.9. The number of Topliss-reactive ketones (excluding diaryl/α,β-unsaturated/α-hetero) is 1. The first-order valence-electron chi connectivity index (χ1n) is 8.06. The van der Waals surface area contributed by atoms with Crippen molar-refractivity contribution in [2.75, 3.05) is 13.1 Å². The van der Waals surface area contributed by atoms with E-state index in [9.17, 15) is 4.79 Å². The molecule has 1 unspecified atom stereocenters.